The average molecular weight is 628 g/mol. The van der Waals surface area contributed by atoms with Crippen molar-refractivity contribution in [2.24, 2.45) is 0 Å². The van der Waals surface area contributed by atoms with E-state index in [1.807, 2.05) is 0 Å². The van der Waals surface area contributed by atoms with Crippen LogP contribution in [0.4, 0.5) is 92.2 Å². The molecule has 0 aliphatic heterocycles. The van der Waals surface area contributed by atoms with Crippen molar-refractivity contribution in [1.29, 1.82) is 0 Å². The van der Waals surface area contributed by atoms with Gasteiger partial charge in [-0.15, -0.1) is 12.6 Å². The van der Waals surface area contributed by atoms with Gasteiger partial charge in [0.25, 0.3) is 0 Å². The van der Waals surface area contributed by atoms with Crippen molar-refractivity contribution in [3.63, 3.8) is 0 Å². The molecule has 1 rings (SSSR count). The summed E-state index contributed by atoms with van der Waals surface area (Å²) >= 11 is 2.18. The number of rotatable bonds is 9. The molecule has 0 amide bonds. The quantitative estimate of drug-likeness (QED) is 0.206. The highest BCUT2D eigenvalue weighted by molar-refractivity contribution is 7.81. The van der Waals surface area contributed by atoms with Crippen molar-refractivity contribution in [3.8, 4) is 0 Å². The summed E-state index contributed by atoms with van der Waals surface area (Å²) in [5.41, 5.74) is -2.10. The van der Waals surface area contributed by atoms with Crippen LogP contribution in [0.15, 0.2) is 24.3 Å². The highest BCUT2D eigenvalue weighted by Gasteiger charge is 2.97. The van der Waals surface area contributed by atoms with Crippen molar-refractivity contribution in [1.82, 2.24) is 0 Å². The fourth-order valence-corrected chi connectivity index (χ4v) is 2.71. The molecule has 0 aliphatic carbocycles. The van der Waals surface area contributed by atoms with Crippen molar-refractivity contribution in [2.75, 3.05) is 0 Å². The summed E-state index contributed by atoms with van der Waals surface area (Å²) in [5.74, 6) is -70.8. The molecule has 1 aromatic carbocycles. The van der Waals surface area contributed by atoms with E-state index < -0.39 is 69.9 Å². The Kier molecular flexibility index (Phi) is 7.90. The predicted octanol–water partition coefficient (Wildman–Crippen LogP) is 8.52. The molecule has 0 fully saturated rings. The zero-order valence-corrected chi connectivity index (χ0v) is 17.6. The second-order valence-corrected chi connectivity index (χ2v) is 7.84. The van der Waals surface area contributed by atoms with Gasteiger partial charge in [0.15, 0.2) is 0 Å². The zero-order valence-electron chi connectivity index (χ0n) is 16.7. The van der Waals surface area contributed by atoms with Crippen molar-refractivity contribution in [3.05, 3.63) is 35.6 Å². The van der Waals surface area contributed by atoms with Crippen molar-refractivity contribution in [2.45, 2.75) is 58.6 Å². The lowest BCUT2D eigenvalue weighted by Gasteiger charge is -2.45. The Morgan fingerprint density at radius 2 is 0.605 bits per heavy atom. The second-order valence-electron chi connectivity index (χ2n) is 7.22. The van der Waals surface area contributed by atoms with Gasteiger partial charge in [-0.25, -0.2) is 8.78 Å². The first-order chi connectivity index (χ1) is 16.2. The monoisotopic (exact) mass is 628 g/mol. The third-order valence-corrected chi connectivity index (χ3v) is 5.30. The minimum absolute atomic E-state index is 0.0571. The number of hydrogen-bond acceptors (Lipinski definition) is 1. The van der Waals surface area contributed by atoms with Crippen LogP contribution in [0.25, 0.3) is 0 Å². The molecule has 38 heavy (non-hydrogen) atoms. The molecular formula is C16H5F21S. The van der Waals surface area contributed by atoms with E-state index in [1.165, 1.54) is 0 Å². The summed E-state index contributed by atoms with van der Waals surface area (Å²) < 4.78 is 280. The van der Waals surface area contributed by atoms with Gasteiger partial charge in [0.05, 0.1) is 0 Å². The molecule has 0 heterocycles. The van der Waals surface area contributed by atoms with E-state index in [4.69, 9.17) is 0 Å². The van der Waals surface area contributed by atoms with E-state index >= 15 is 0 Å². The summed E-state index contributed by atoms with van der Waals surface area (Å²) in [6, 6.07) is -0.660. The minimum Gasteiger partial charge on any atom is -0.220 e. The first-order valence-corrected chi connectivity index (χ1v) is 8.96. The summed E-state index contributed by atoms with van der Waals surface area (Å²) in [5, 5.41) is -5.71. The van der Waals surface area contributed by atoms with Crippen molar-refractivity contribution >= 4 is 12.6 Å². The Labute approximate surface area is 200 Å². The van der Waals surface area contributed by atoms with Crippen LogP contribution >= 0.6 is 12.6 Å². The highest BCUT2D eigenvalue weighted by atomic mass is 32.1. The lowest BCUT2D eigenvalue weighted by atomic mass is 9.85. The fraction of sp³-hybridized carbons (Fsp3) is 0.625. The molecule has 0 saturated carbocycles. The summed E-state index contributed by atoms with van der Waals surface area (Å²) in [4.78, 5) is 0. The first kappa shape index (κ1) is 34.1. The zero-order chi connectivity index (χ0) is 31.0. The number of hydrogen-bond donors (Lipinski definition) is 1. The SMILES string of the molecule is Fc1ccc(C(F)(S)C(F)(F)C(F)(F)C(F)(F)C(F)(F)C(F)(F)C(F)(F)C(F)(F)C(F)(F)C(F)(F)F)cc1. The summed E-state index contributed by atoms with van der Waals surface area (Å²) in [6.45, 7) is 0. The Morgan fingerprint density at radius 1 is 0.368 bits per heavy atom. The predicted molar refractivity (Wildman–Crippen MR) is 83.8 cm³/mol. The Bertz CT molecular complexity index is 1000. The van der Waals surface area contributed by atoms with Crippen LogP contribution in [0.2, 0.25) is 0 Å². The number of thiol groups is 1. The van der Waals surface area contributed by atoms with E-state index in [9.17, 15) is 92.2 Å². The molecule has 22 heteroatoms. The average Bonchev–Trinajstić information content (AvgIpc) is 2.72. The fourth-order valence-electron chi connectivity index (χ4n) is 2.42. The standard InChI is InChI=1S/C16H5F21S/c17-6-3-1-5(2-4-6)7(18,38)8(19,20)9(21,22)10(23,24)11(25,26)12(27,28)13(29,30)14(31,32)15(33,34)16(35,36)37/h1-4,38H. The molecule has 1 atom stereocenters. The maximum absolute atomic E-state index is 14.4. The molecule has 0 nitrogen and oxygen atoms in total. The van der Waals surface area contributed by atoms with Crippen LogP contribution in [0.5, 0.6) is 0 Å². The topological polar surface area (TPSA) is 0 Å². The van der Waals surface area contributed by atoms with Gasteiger partial charge in [0, 0.05) is 5.56 Å². The van der Waals surface area contributed by atoms with E-state index in [0.717, 1.165) is 0 Å². The molecule has 0 spiro atoms. The van der Waals surface area contributed by atoms with E-state index in [2.05, 4.69) is 12.6 Å². The maximum Gasteiger partial charge on any atom is 0.460 e. The summed E-state index contributed by atoms with van der Waals surface area (Å²) in [7, 11) is 0. The molecule has 222 valence electrons. The smallest absolute Gasteiger partial charge is 0.220 e. The number of alkyl halides is 20. The molecule has 0 bridgehead atoms. The van der Waals surface area contributed by atoms with Gasteiger partial charge < -0.3 is 0 Å². The second kappa shape index (κ2) is 8.80. The first-order valence-electron chi connectivity index (χ1n) is 8.51. The Balaban J connectivity index is 3.81. The van der Waals surface area contributed by atoms with Gasteiger partial charge in [0.2, 0.25) is 5.00 Å². The van der Waals surface area contributed by atoms with Gasteiger partial charge in [-0.3, -0.25) is 0 Å². The van der Waals surface area contributed by atoms with Crippen LogP contribution in [-0.2, 0) is 5.00 Å². The molecule has 0 aromatic heterocycles. The molecule has 1 unspecified atom stereocenters. The minimum atomic E-state index is -9.12. The van der Waals surface area contributed by atoms with Crippen LogP contribution in [-0.4, -0.2) is 53.6 Å². The van der Waals surface area contributed by atoms with Crippen LogP contribution in [0, 0.1) is 5.82 Å². The highest BCUT2D eigenvalue weighted by Crippen LogP contribution is 2.67. The third kappa shape index (κ3) is 4.13. The number of benzene rings is 1. The van der Waals surface area contributed by atoms with Crippen molar-refractivity contribution < 1.29 is 92.2 Å². The largest absolute Gasteiger partial charge is 0.460 e. The van der Waals surface area contributed by atoms with Gasteiger partial charge in [-0.1, -0.05) is 12.1 Å². The number of halogens is 21. The van der Waals surface area contributed by atoms with E-state index in [0.29, 0.717) is 0 Å². The molecule has 0 N–H and O–H groups in total. The van der Waals surface area contributed by atoms with Gasteiger partial charge in [0.1, 0.15) is 5.82 Å². The van der Waals surface area contributed by atoms with Crippen LogP contribution in [0.1, 0.15) is 5.56 Å². The third-order valence-electron chi connectivity index (χ3n) is 4.76. The normalized spacial score (nSPS) is 17.4. The molecular weight excluding hydrogens is 623 g/mol. The molecule has 0 saturated heterocycles. The molecule has 0 aliphatic rings. The molecule has 1 aromatic rings. The van der Waals surface area contributed by atoms with E-state index in [-0.39, 0.29) is 24.3 Å². The summed E-state index contributed by atoms with van der Waals surface area (Å²) in [6.07, 6.45) is -7.99. The lowest BCUT2D eigenvalue weighted by molar-refractivity contribution is -0.470. The van der Waals surface area contributed by atoms with Gasteiger partial charge in [-0.05, 0) is 12.1 Å². The Morgan fingerprint density at radius 3 is 0.868 bits per heavy atom. The Hall–Kier alpha value is -1.90. The van der Waals surface area contributed by atoms with Gasteiger partial charge >= 0.3 is 53.6 Å². The molecule has 0 radical (unpaired) electrons. The van der Waals surface area contributed by atoms with Gasteiger partial charge in [-0.2, -0.15) is 83.4 Å². The van der Waals surface area contributed by atoms with E-state index in [1.54, 1.807) is 0 Å². The van der Waals surface area contributed by atoms with Crippen LogP contribution < -0.4 is 0 Å². The maximum atomic E-state index is 14.4. The lowest BCUT2D eigenvalue weighted by Crippen LogP contribution is -2.76. The van der Waals surface area contributed by atoms with Crippen LogP contribution in [0.3, 0.4) is 0 Å².